The average Bonchev–Trinajstić information content (AvgIpc) is 2.84. The number of aliphatic imine (C=N–C) groups is 2. The molecule has 27 heavy (non-hydrogen) atoms. The standard InChI is InChI=1S/C20H29IN4O2/c1-17(2)19(5,6)24(12-22-17)26-15-9-14(21)10-16(11-15)27-25-13-23-18(3,4)20(25,7)8/h9-13H,1-8H3. The molecule has 1 aromatic carbocycles. The number of hydroxylamine groups is 4. The summed E-state index contributed by atoms with van der Waals surface area (Å²) in [5.41, 5.74) is -0.975. The largest absolute Gasteiger partial charge is 0.378 e. The van der Waals surface area contributed by atoms with E-state index in [4.69, 9.17) is 9.68 Å². The molecule has 1 aromatic rings. The second-order valence-corrected chi connectivity index (χ2v) is 10.4. The molecule has 0 N–H and O–H groups in total. The summed E-state index contributed by atoms with van der Waals surface area (Å²) < 4.78 is 1.03. The number of hydrogen-bond donors (Lipinski definition) is 0. The van der Waals surface area contributed by atoms with E-state index in [1.54, 1.807) is 12.7 Å². The number of rotatable bonds is 4. The Kier molecular flexibility index (Phi) is 4.68. The van der Waals surface area contributed by atoms with Gasteiger partial charge < -0.3 is 9.68 Å². The highest BCUT2D eigenvalue weighted by atomic mass is 127. The topological polar surface area (TPSA) is 49.7 Å². The number of hydrogen-bond acceptors (Lipinski definition) is 6. The smallest absolute Gasteiger partial charge is 0.160 e. The third-order valence-corrected chi connectivity index (χ3v) is 6.94. The first kappa shape index (κ1) is 20.2. The molecule has 0 fully saturated rings. The van der Waals surface area contributed by atoms with E-state index in [9.17, 15) is 0 Å². The van der Waals surface area contributed by atoms with Crippen LogP contribution in [0.5, 0.6) is 11.5 Å². The molecule has 0 radical (unpaired) electrons. The van der Waals surface area contributed by atoms with Crippen molar-refractivity contribution in [3.05, 3.63) is 21.8 Å². The summed E-state index contributed by atoms with van der Waals surface area (Å²) in [7, 11) is 0. The van der Waals surface area contributed by atoms with Gasteiger partial charge in [-0.3, -0.25) is 9.98 Å². The van der Waals surface area contributed by atoms with Crippen molar-refractivity contribution in [3.8, 4) is 11.5 Å². The van der Waals surface area contributed by atoms with Crippen molar-refractivity contribution in [2.24, 2.45) is 9.98 Å². The average molecular weight is 484 g/mol. The molecule has 0 spiro atoms. The Balaban J connectivity index is 1.80. The van der Waals surface area contributed by atoms with Crippen LogP contribution in [-0.4, -0.2) is 45.0 Å². The summed E-state index contributed by atoms with van der Waals surface area (Å²) in [6, 6.07) is 5.86. The molecule has 6 nitrogen and oxygen atoms in total. The highest BCUT2D eigenvalue weighted by molar-refractivity contribution is 14.1. The molecule has 7 heteroatoms. The molecule has 0 atom stereocenters. The molecule has 0 bridgehead atoms. The lowest BCUT2D eigenvalue weighted by atomic mass is 9.84. The van der Waals surface area contributed by atoms with E-state index >= 15 is 0 Å². The lowest BCUT2D eigenvalue weighted by molar-refractivity contribution is -0.0734. The molecule has 0 amide bonds. The fourth-order valence-electron chi connectivity index (χ4n) is 2.68. The Morgan fingerprint density at radius 1 is 0.704 bits per heavy atom. The van der Waals surface area contributed by atoms with Crippen LogP contribution in [0, 0.1) is 3.57 Å². The van der Waals surface area contributed by atoms with Crippen molar-refractivity contribution in [3.63, 3.8) is 0 Å². The SMILES string of the molecule is CC1(C)N=CN(Oc2cc(I)cc(ON3C=NC(C)(C)C3(C)C)c2)C1(C)C. The molecule has 0 saturated heterocycles. The maximum absolute atomic E-state index is 6.15. The predicted octanol–water partition coefficient (Wildman–Crippen LogP) is 4.68. The Bertz CT molecular complexity index is 737. The van der Waals surface area contributed by atoms with Gasteiger partial charge in [0.05, 0.1) is 22.2 Å². The molecule has 148 valence electrons. The third-order valence-electron chi connectivity index (χ3n) is 6.32. The maximum Gasteiger partial charge on any atom is 0.160 e. The van der Waals surface area contributed by atoms with Crippen LogP contribution in [0.25, 0.3) is 0 Å². The second kappa shape index (κ2) is 6.25. The fraction of sp³-hybridized carbons (Fsp3) is 0.600. The minimum Gasteiger partial charge on any atom is -0.378 e. The molecule has 0 unspecified atom stereocenters. The molecule has 2 aliphatic heterocycles. The van der Waals surface area contributed by atoms with Crippen LogP contribution < -0.4 is 9.68 Å². The van der Waals surface area contributed by atoms with E-state index in [-0.39, 0.29) is 22.2 Å². The van der Waals surface area contributed by atoms with E-state index < -0.39 is 0 Å². The van der Waals surface area contributed by atoms with Crippen LogP contribution in [0.15, 0.2) is 28.2 Å². The minimum absolute atomic E-state index is 0.226. The molecule has 2 heterocycles. The summed E-state index contributed by atoms with van der Waals surface area (Å²) in [5.74, 6) is 1.42. The first-order chi connectivity index (χ1) is 12.3. The molecule has 0 saturated carbocycles. The number of halogens is 1. The van der Waals surface area contributed by atoms with Gasteiger partial charge in [0.25, 0.3) is 0 Å². The Morgan fingerprint density at radius 3 is 1.37 bits per heavy atom. The zero-order chi connectivity index (χ0) is 20.3. The Hall–Kier alpha value is -1.51. The van der Waals surface area contributed by atoms with Crippen LogP contribution in [-0.2, 0) is 0 Å². The van der Waals surface area contributed by atoms with Gasteiger partial charge in [0.15, 0.2) is 11.5 Å². The molecular weight excluding hydrogens is 455 g/mol. The maximum atomic E-state index is 6.15. The molecule has 0 aliphatic carbocycles. The Morgan fingerprint density at radius 2 is 1.07 bits per heavy atom. The van der Waals surface area contributed by atoms with Crippen LogP contribution in [0.2, 0.25) is 0 Å². The van der Waals surface area contributed by atoms with E-state index in [1.807, 2.05) is 28.3 Å². The van der Waals surface area contributed by atoms with Gasteiger partial charge in [0, 0.05) is 9.64 Å². The van der Waals surface area contributed by atoms with Crippen molar-refractivity contribution >= 4 is 35.3 Å². The summed E-state index contributed by atoms with van der Waals surface area (Å²) in [6.45, 7) is 16.9. The van der Waals surface area contributed by atoms with E-state index in [1.165, 1.54) is 0 Å². The van der Waals surface area contributed by atoms with Gasteiger partial charge in [-0.1, -0.05) is 0 Å². The quantitative estimate of drug-likeness (QED) is 0.583. The van der Waals surface area contributed by atoms with E-state index in [2.05, 4.69) is 88.0 Å². The molecule has 2 aliphatic rings. The zero-order valence-electron chi connectivity index (χ0n) is 17.4. The molecule has 3 rings (SSSR count). The van der Waals surface area contributed by atoms with Gasteiger partial charge in [0.1, 0.15) is 12.7 Å². The molecule has 0 aromatic heterocycles. The van der Waals surface area contributed by atoms with Crippen LogP contribution in [0.1, 0.15) is 55.4 Å². The number of nitrogens with zero attached hydrogens (tertiary/aromatic N) is 4. The zero-order valence-corrected chi connectivity index (χ0v) is 19.5. The molecular formula is C20H29IN4O2. The first-order valence-corrected chi connectivity index (χ1v) is 10.2. The van der Waals surface area contributed by atoms with Crippen LogP contribution in [0.3, 0.4) is 0 Å². The van der Waals surface area contributed by atoms with E-state index in [0.717, 1.165) is 3.57 Å². The minimum atomic E-state index is -0.261. The van der Waals surface area contributed by atoms with Gasteiger partial charge in [-0.2, -0.15) is 10.1 Å². The van der Waals surface area contributed by atoms with Crippen LogP contribution >= 0.6 is 22.6 Å². The van der Waals surface area contributed by atoms with Gasteiger partial charge >= 0.3 is 0 Å². The fourth-order valence-corrected chi connectivity index (χ4v) is 3.30. The van der Waals surface area contributed by atoms with E-state index in [0.29, 0.717) is 11.5 Å². The van der Waals surface area contributed by atoms with Crippen molar-refractivity contribution in [1.82, 2.24) is 10.1 Å². The second-order valence-electron chi connectivity index (χ2n) is 9.18. The van der Waals surface area contributed by atoms with Crippen molar-refractivity contribution in [1.29, 1.82) is 0 Å². The summed E-state index contributed by atoms with van der Waals surface area (Å²) in [6.07, 6.45) is 3.53. The van der Waals surface area contributed by atoms with Gasteiger partial charge in [-0.25, -0.2) is 0 Å². The highest BCUT2D eigenvalue weighted by Crippen LogP contribution is 2.38. The Labute approximate surface area is 175 Å². The highest BCUT2D eigenvalue weighted by Gasteiger charge is 2.48. The normalized spacial score (nSPS) is 23.7. The van der Waals surface area contributed by atoms with Crippen LogP contribution in [0.4, 0.5) is 0 Å². The van der Waals surface area contributed by atoms with Gasteiger partial charge in [0.2, 0.25) is 0 Å². The van der Waals surface area contributed by atoms with Crippen molar-refractivity contribution < 1.29 is 9.68 Å². The van der Waals surface area contributed by atoms with Crippen molar-refractivity contribution in [2.45, 2.75) is 77.5 Å². The summed E-state index contributed by atoms with van der Waals surface area (Å²) in [4.78, 5) is 21.5. The monoisotopic (exact) mass is 484 g/mol. The van der Waals surface area contributed by atoms with Crippen molar-refractivity contribution in [2.75, 3.05) is 0 Å². The third kappa shape index (κ3) is 3.39. The summed E-state index contributed by atoms with van der Waals surface area (Å²) in [5, 5.41) is 3.62. The lowest BCUT2D eigenvalue weighted by Gasteiger charge is -2.39. The lowest BCUT2D eigenvalue weighted by Crippen LogP contribution is -2.53. The van der Waals surface area contributed by atoms with Gasteiger partial charge in [-0.15, -0.1) is 0 Å². The number of benzene rings is 1. The predicted molar refractivity (Wildman–Crippen MR) is 117 cm³/mol. The summed E-state index contributed by atoms with van der Waals surface area (Å²) >= 11 is 2.27. The van der Waals surface area contributed by atoms with Gasteiger partial charge in [-0.05, 0) is 90.1 Å². The first-order valence-electron chi connectivity index (χ1n) is 9.12.